The van der Waals surface area contributed by atoms with E-state index in [0.717, 1.165) is 16.8 Å². The Labute approximate surface area is 179 Å². The quantitative estimate of drug-likeness (QED) is 0.456. The highest BCUT2D eigenvalue weighted by atomic mass is 32.2. The number of benzene rings is 2. The average molecular weight is 426 g/mol. The van der Waals surface area contributed by atoms with Gasteiger partial charge in [-0.05, 0) is 79.6 Å². The first-order valence-corrected chi connectivity index (χ1v) is 10.4. The van der Waals surface area contributed by atoms with E-state index in [-0.39, 0.29) is 5.91 Å². The molecule has 30 heavy (non-hydrogen) atoms. The van der Waals surface area contributed by atoms with Gasteiger partial charge in [0.05, 0.1) is 23.1 Å². The van der Waals surface area contributed by atoms with Crippen LogP contribution in [0.4, 0.5) is 5.69 Å². The van der Waals surface area contributed by atoms with Crippen LogP contribution in [0, 0.1) is 13.8 Å². The van der Waals surface area contributed by atoms with Crippen LogP contribution in [-0.2, 0) is 9.53 Å². The Morgan fingerprint density at radius 1 is 1.17 bits per heavy atom. The molecule has 3 aromatic rings. The molecule has 1 amide bonds. The maximum Gasteiger partial charge on any atom is 0.338 e. The molecule has 0 spiro atoms. The van der Waals surface area contributed by atoms with Gasteiger partial charge in [-0.3, -0.25) is 4.79 Å². The van der Waals surface area contributed by atoms with Crippen LogP contribution in [0.3, 0.4) is 0 Å². The van der Waals surface area contributed by atoms with Gasteiger partial charge in [0.2, 0.25) is 11.1 Å². The Bertz CT molecular complexity index is 1050. The van der Waals surface area contributed by atoms with E-state index in [1.54, 1.807) is 42.8 Å². The number of aryl methyl sites for hydroxylation is 1. The van der Waals surface area contributed by atoms with Crippen molar-refractivity contribution < 1.29 is 14.3 Å². The molecule has 1 atom stereocenters. The number of aromatic nitrogens is 4. The topological polar surface area (TPSA) is 99.0 Å². The fourth-order valence-corrected chi connectivity index (χ4v) is 3.53. The Morgan fingerprint density at radius 3 is 2.60 bits per heavy atom. The molecule has 0 aliphatic heterocycles. The number of rotatable bonds is 7. The molecule has 0 fully saturated rings. The fourth-order valence-electron chi connectivity index (χ4n) is 2.73. The summed E-state index contributed by atoms with van der Waals surface area (Å²) in [6.45, 7) is 7.89. The lowest BCUT2D eigenvalue weighted by Gasteiger charge is -2.13. The third kappa shape index (κ3) is 4.85. The van der Waals surface area contributed by atoms with Crippen LogP contribution in [0.15, 0.2) is 47.6 Å². The molecule has 0 aliphatic rings. The summed E-state index contributed by atoms with van der Waals surface area (Å²) in [5.41, 5.74) is 4.12. The number of amides is 1. The Morgan fingerprint density at radius 2 is 1.90 bits per heavy atom. The molecule has 1 heterocycles. The summed E-state index contributed by atoms with van der Waals surface area (Å²) >= 11 is 1.27. The summed E-state index contributed by atoms with van der Waals surface area (Å²) in [4.78, 5) is 24.4. The molecule has 156 valence electrons. The van der Waals surface area contributed by atoms with Gasteiger partial charge in [0.25, 0.3) is 0 Å². The Kier molecular flexibility index (Phi) is 6.83. The lowest BCUT2D eigenvalue weighted by atomic mass is 10.1. The first-order chi connectivity index (χ1) is 14.4. The van der Waals surface area contributed by atoms with Gasteiger partial charge in [-0.25, -0.2) is 4.79 Å². The maximum atomic E-state index is 12.6. The van der Waals surface area contributed by atoms with Crippen molar-refractivity contribution in [3.63, 3.8) is 0 Å². The fraction of sp³-hybridized carbons (Fsp3) is 0.286. The van der Waals surface area contributed by atoms with Gasteiger partial charge in [0, 0.05) is 5.69 Å². The number of tetrazole rings is 1. The van der Waals surface area contributed by atoms with Gasteiger partial charge >= 0.3 is 5.97 Å². The highest BCUT2D eigenvalue weighted by molar-refractivity contribution is 8.00. The first-order valence-electron chi connectivity index (χ1n) is 9.50. The zero-order valence-corrected chi connectivity index (χ0v) is 18.1. The van der Waals surface area contributed by atoms with Crippen LogP contribution >= 0.6 is 11.8 Å². The van der Waals surface area contributed by atoms with Crippen molar-refractivity contribution in [1.29, 1.82) is 0 Å². The molecule has 3 rings (SSSR count). The number of nitrogens with zero attached hydrogens (tertiary/aromatic N) is 4. The number of nitrogens with one attached hydrogen (secondary N) is 1. The normalized spacial score (nSPS) is 11.7. The van der Waals surface area contributed by atoms with Crippen LogP contribution in [-0.4, -0.2) is 43.9 Å². The van der Waals surface area contributed by atoms with Crippen molar-refractivity contribution in [2.75, 3.05) is 11.9 Å². The van der Waals surface area contributed by atoms with E-state index >= 15 is 0 Å². The van der Waals surface area contributed by atoms with Crippen molar-refractivity contribution in [1.82, 2.24) is 20.2 Å². The summed E-state index contributed by atoms with van der Waals surface area (Å²) in [6.07, 6.45) is 0. The van der Waals surface area contributed by atoms with Gasteiger partial charge in [-0.1, -0.05) is 23.9 Å². The van der Waals surface area contributed by atoms with E-state index < -0.39 is 11.2 Å². The number of hydrogen-bond acceptors (Lipinski definition) is 7. The molecule has 0 bridgehead atoms. The number of esters is 1. The second kappa shape index (κ2) is 9.53. The summed E-state index contributed by atoms with van der Waals surface area (Å²) in [5.74, 6) is -0.586. The molecule has 1 N–H and O–H groups in total. The van der Waals surface area contributed by atoms with Crippen LogP contribution in [0.5, 0.6) is 0 Å². The number of anilines is 1. The smallest absolute Gasteiger partial charge is 0.338 e. The van der Waals surface area contributed by atoms with E-state index in [1.807, 2.05) is 32.0 Å². The van der Waals surface area contributed by atoms with Gasteiger partial charge in [-0.15, -0.1) is 5.10 Å². The molecular formula is C21H23N5O3S. The molecule has 0 saturated heterocycles. The average Bonchev–Trinajstić information content (AvgIpc) is 3.18. The lowest BCUT2D eigenvalue weighted by molar-refractivity contribution is -0.115. The summed E-state index contributed by atoms with van der Waals surface area (Å²) in [7, 11) is 0. The molecule has 0 aliphatic carbocycles. The summed E-state index contributed by atoms with van der Waals surface area (Å²) in [6, 6.07) is 12.5. The summed E-state index contributed by atoms with van der Waals surface area (Å²) in [5, 5.41) is 14.9. The molecule has 0 saturated carbocycles. The van der Waals surface area contributed by atoms with Gasteiger partial charge < -0.3 is 10.1 Å². The third-order valence-corrected chi connectivity index (χ3v) is 5.59. The first kappa shape index (κ1) is 21.5. The molecule has 0 radical (unpaired) electrons. The zero-order valence-electron chi connectivity index (χ0n) is 17.2. The second-order valence-corrected chi connectivity index (χ2v) is 7.95. The van der Waals surface area contributed by atoms with E-state index in [2.05, 4.69) is 20.8 Å². The van der Waals surface area contributed by atoms with E-state index in [9.17, 15) is 9.59 Å². The van der Waals surface area contributed by atoms with Crippen molar-refractivity contribution >= 4 is 29.3 Å². The minimum atomic E-state index is -0.440. The highest BCUT2D eigenvalue weighted by Crippen LogP contribution is 2.26. The summed E-state index contributed by atoms with van der Waals surface area (Å²) < 4.78 is 6.60. The molecule has 8 nitrogen and oxygen atoms in total. The van der Waals surface area contributed by atoms with Crippen LogP contribution in [0.1, 0.15) is 35.3 Å². The number of ether oxygens (including phenoxy) is 1. The van der Waals surface area contributed by atoms with Gasteiger partial charge in [0.15, 0.2) is 0 Å². The van der Waals surface area contributed by atoms with Gasteiger partial charge in [-0.2, -0.15) is 4.68 Å². The van der Waals surface area contributed by atoms with Crippen molar-refractivity contribution in [2.45, 2.75) is 38.1 Å². The number of hydrogen-bond donors (Lipinski definition) is 1. The second-order valence-electron chi connectivity index (χ2n) is 6.64. The predicted molar refractivity (Wildman–Crippen MR) is 115 cm³/mol. The third-order valence-electron chi connectivity index (χ3n) is 4.56. The number of carbonyl (C=O) groups is 2. The van der Waals surface area contributed by atoms with Crippen LogP contribution in [0.2, 0.25) is 0 Å². The van der Waals surface area contributed by atoms with Crippen molar-refractivity contribution in [3.8, 4) is 5.69 Å². The largest absolute Gasteiger partial charge is 0.462 e. The van der Waals surface area contributed by atoms with Gasteiger partial charge in [0.1, 0.15) is 0 Å². The standard InChI is InChI=1S/C21H23N5O3S/c1-5-29-20(28)16-9-11-17(12-10-16)22-19(27)15(4)30-21-23-24-25-26(21)18-8-6-7-13(2)14(18)3/h6-12,15H,5H2,1-4H3,(H,22,27). The molecule has 1 aromatic heterocycles. The minimum Gasteiger partial charge on any atom is -0.462 e. The molecular weight excluding hydrogens is 402 g/mol. The van der Waals surface area contributed by atoms with E-state index in [1.165, 1.54) is 11.8 Å². The van der Waals surface area contributed by atoms with Crippen molar-refractivity contribution in [3.05, 3.63) is 59.2 Å². The lowest BCUT2D eigenvalue weighted by Crippen LogP contribution is -2.23. The molecule has 2 aromatic carbocycles. The van der Waals surface area contributed by atoms with Crippen LogP contribution < -0.4 is 5.32 Å². The van der Waals surface area contributed by atoms with E-state index in [4.69, 9.17) is 4.74 Å². The SMILES string of the molecule is CCOC(=O)c1ccc(NC(=O)C(C)Sc2nnnn2-c2cccc(C)c2C)cc1. The minimum absolute atomic E-state index is 0.195. The monoisotopic (exact) mass is 425 g/mol. The predicted octanol–water partition coefficient (Wildman–Crippen LogP) is 3.58. The Hall–Kier alpha value is -3.20. The molecule has 1 unspecified atom stereocenters. The number of thioether (sulfide) groups is 1. The Balaban J connectivity index is 1.68. The van der Waals surface area contributed by atoms with Crippen LogP contribution in [0.25, 0.3) is 5.69 Å². The highest BCUT2D eigenvalue weighted by Gasteiger charge is 2.20. The zero-order chi connectivity index (χ0) is 21.7. The molecule has 9 heteroatoms. The number of carbonyl (C=O) groups excluding carboxylic acids is 2. The maximum absolute atomic E-state index is 12.6. The van der Waals surface area contributed by atoms with E-state index in [0.29, 0.717) is 23.0 Å². The van der Waals surface area contributed by atoms with Crippen molar-refractivity contribution in [2.24, 2.45) is 0 Å².